The van der Waals surface area contributed by atoms with Crippen LogP contribution in [0, 0.1) is 0 Å². The van der Waals surface area contributed by atoms with E-state index in [1.807, 2.05) is 64.1 Å². The molecule has 41 heavy (non-hydrogen) atoms. The van der Waals surface area contributed by atoms with Gasteiger partial charge in [-0.15, -0.1) is 0 Å². The third-order valence-corrected chi connectivity index (χ3v) is 7.44. The Morgan fingerprint density at radius 3 is 1.66 bits per heavy atom. The van der Waals surface area contributed by atoms with Gasteiger partial charge in [-0.3, -0.25) is 4.79 Å². The minimum absolute atomic E-state index is 0.0880. The normalized spacial score (nSPS) is 13.7. The number of carbonyl (C=O) groups excluding carboxylic acids is 1. The Morgan fingerprint density at radius 2 is 1.15 bits per heavy atom. The largest absolute Gasteiger partial charge is 0.493 e. The van der Waals surface area contributed by atoms with E-state index in [4.69, 9.17) is 33.2 Å². The molecule has 0 fully saturated rings. The first-order valence-corrected chi connectivity index (χ1v) is 14.0. The van der Waals surface area contributed by atoms with Crippen LogP contribution in [0.5, 0.6) is 40.2 Å². The van der Waals surface area contributed by atoms with Gasteiger partial charge >= 0.3 is 0 Å². The second-order valence-electron chi connectivity index (χ2n) is 9.75. The number of Topliss-reactive ketones (excluding diaryl/α,β-unsaturated/α-hetero) is 1. The maximum Gasteiger partial charge on any atom is 0.203 e. The van der Waals surface area contributed by atoms with Crippen molar-refractivity contribution in [3.05, 3.63) is 64.1 Å². The highest BCUT2D eigenvalue weighted by molar-refractivity contribution is 8.05. The molecular formula is C32H36O8S. The highest BCUT2D eigenvalue weighted by Gasteiger charge is 2.33. The average molecular weight is 581 g/mol. The van der Waals surface area contributed by atoms with E-state index in [1.54, 1.807) is 41.6 Å². The van der Waals surface area contributed by atoms with Crippen LogP contribution in [0.4, 0.5) is 0 Å². The molecule has 9 heteroatoms. The van der Waals surface area contributed by atoms with Crippen molar-refractivity contribution >= 4 is 23.1 Å². The fraction of sp³-hybridized carbons (Fsp3) is 0.344. The predicted octanol–water partition coefficient (Wildman–Crippen LogP) is 7.05. The minimum Gasteiger partial charge on any atom is -0.493 e. The van der Waals surface area contributed by atoms with Gasteiger partial charge in [-0.2, -0.15) is 0 Å². The molecule has 0 saturated heterocycles. The fourth-order valence-corrected chi connectivity index (χ4v) is 5.77. The molecule has 0 spiro atoms. The monoisotopic (exact) mass is 580 g/mol. The van der Waals surface area contributed by atoms with Crippen LogP contribution < -0.4 is 33.2 Å². The van der Waals surface area contributed by atoms with E-state index < -0.39 is 0 Å². The zero-order valence-corrected chi connectivity index (χ0v) is 25.7. The van der Waals surface area contributed by atoms with Gasteiger partial charge in [-0.1, -0.05) is 17.8 Å². The smallest absolute Gasteiger partial charge is 0.203 e. The standard InChI is InChI=1S/C32H36O8S/c1-17(2)39-24-12-19(10-11-22(24)34-5)29(20-13-26(36-7)31(38-9)27(14-20)37-8)32-30(33)21-15-25(40-18(3)4)23(35-6)16-28(21)41-32/h10-18H,1-9H3/b32-29+. The lowest BCUT2D eigenvalue weighted by Gasteiger charge is -2.19. The highest BCUT2D eigenvalue weighted by atomic mass is 32.2. The van der Waals surface area contributed by atoms with Crippen molar-refractivity contribution in [1.82, 2.24) is 0 Å². The minimum atomic E-state index is -0.132. The van der Waals surface area contributed by atoms with Gasteiger partial charge in [-0.25, -0.2) is 0 Å². The molecule has 0 saturated carbocycles. The second-order valence-corrected chi connectivity index (χ2v) is 10.8. The van der Waals surface area contributed by atoms with Gasteiger partial charge in [0.15, 0.2) is 34.5 Å². The molecule has 1 aliphatic heterocycles. The molecule has 1 aliphatic rings. The van der Waals surface area contributed by atoms with Crippen LogP contribution >= 0.6 is 11.8 Å². The lowest BCUT2D eigenvalue weighted by Crippen LogP contribution is -2.08. The van der Waals surface area contributed by atoms with E-state index in [0.29, 0.717) is 61.9 Å². The summed E-state index contributed by atoms with van der Waals surface area (Å²) in [4.78, 5) is 15.4. The summed E-state index contributed by atoms with van der Waals surface area (Å²) in [7, 11) is 7.85. The summed E-state index contributed by atoms with van der Waals surface area (Å²) in [6.07, 6.45) is -0.176. The van der Waals surface area contributed by atoms with E-state index in [0.717, 1.165) is 10.5 Å². The predicted molar refractivity (Wildman–Crippen MR) is 160 cm³/mol. The van der Waals surface area contributed by atoms with Gasteiger partial charge in [0.1, 0.15) is 0 Å². The van der Waals surface area contributed by atoms with Crippen LogP contribution in [0.1, 0.15) is 49.2 Å². The molecule has 8 nitrogen and oxygen atoms in total. The molecular weight excluding hydrogens is 544 g/mol. The van der Waals surface area contributed by atoms with Crippen LogP contribution in [-0.2, 0) is 0 Å². The van der Waals surface area contributed by atoms with Gasteiger partial charge in [0.25, 0.3) is 0 Å². The summed E-state index contributed by atoms with van der Waals surface area (Å²) < 4.78 is 40.1. The Hall–Kier alpha value is -3.98. The van der Waals surface area contributed by atoms with Gasteiger partial charge in [0, 0.05) is 16.0 Å². The molecule has 1 heterocycles. The van der Waals surface area contributed by atoms with Gasteiger partial charge in [0.05, 0.1) is 52.7 Å². The van der Waals surface area contributed by atoms with Crippen molar-refractivity contribution in [2.24, 2.45) is 0 Å². The van der Waals surface area contributed by atoms with E-state index in [-0.39, 0.29) is 18.0 Å². The Bertz CT molecular complexity index is 1450. The Balaban J connectivity index is 2.01. The van der Waals surface area contributed by atoms with E-state index in [2.05, 4.69) is 0 Å². The molecule has 3 aromatic rings. The number of benzene rings is 3. The van der Waals surface area contributed by atoms with Gasteiger partial charge in [0.2, 0.25) is 11.5 Å². The first kappa shape index (κ1) is 30.0. The molecule has 0 radical (unpaired) electrons. The van der Waals surface area contributed by atoms with Crippen molar-refractivity contribution < 1.29 is 38.0 Å². The van der Waals surface area contributed by atoms with Crippen molar-refractivity contribution in [2.75, 3.05) is 35.5 Å². The number of thioether (sulfide) groups is 1. The number of allylic oxidation sites excluding steroid dienone is 1. The first-order valence-electron chi connectivity index (χ1n) is 13.2. The number of methoxy groups -OCH3 is 5. The number of carbonyl (C=O) groups is 1. The number of ketones is 1. The molecule has 4 rings (SSSR count). The molecule has 3 aromatic carbocycles. The number of rotatable bonds is 11. The quantitative estimate of drug-likeness (QED) is 0.222. The Morgan fingerprint density at radius 1 is 0.610 bits per heavy atom. The molecule has 0 unspecified atom stereocenters. The van der Waals surface area contributed by atoms with E-state index in [9.17, 15) is 4.79 Å². The molecule has 218 valence electrons. The molecule has 0 aliphatic carbocycles. The van der Waals surface area contributed by atoms with Crippen LogP contribution in [0.25, 0.3) is 5.57 Å². The van der Waals surface area contributed by atoms with Crippen molar-refractivity contribution in [2.45, 2.75) is 44.8 Å². The van der Waals surface area contributed by atoms with Crippen molar-refractivity contribution in [3.8, 4) is 40.2 Å². The molecule has 0 bridgehead atoms. The maximum absolute atomic E-state index is 14.1. The average Bonchev–Trinajstić information content (AvgIpc) is 3.26. The zero-order chi connectivity index (χ0) is 29.8. The van der Waals surface area contributed by atoms with Crippen LogP contribution in [0.15, 0.2) is 52.3 Å². The second kappa shape index (κ2) is 12.7. The number of ether oxygens (including phenoxy) is 7. The number of hydrogen-bond acceptors (Lipinski definition) is 9. The van der Waals surface area contributed by atoms with Gasteiger partial charge < -0.3 is 33.2 Å². The summed E-state index contributed by atoms with van der Waals surface area (Å²) in [6, 6.07) is 12.9. The molecule has 0 amide bonds. The van der Waals surface area contributed by atoms with E-state index in [1.165, 1.54) is 11.8 Å². The maximum atomic E-state index is 14.1. The van der Waals surface area contributed by atoms with Crippen LogP contribution in [0.2, 0.25) is 0 Å². The van der Waals surface area contributed by atoms with Gasteiger partial charge in [-0.05, 0) is 75.2 Å². The molecule has 0 atom stereocenters. The lowest BCUT2D eigenvalue weighted by atomic mass is 9.94. The molecule has 0 aromatic heterocycles. The summed E-state index contributed by atoms with van der Waals surface area (Å²) in [5.41, 5.74) is 2.68. The van der Waals surface area contributed by atoms with E-state index >= 15 is 0 Å². The molecule has 0 N–H and O–H groups in total. The fourth-order valence-electron chi connectivity index (χ4n) is 4.58. The third kappa shape index (κ3) is 6.05. The summed E-state index contributed by atoms with van der Waals surface area (Å²) in [5.74, 6) is 3.48. The van der Waals surface area contributed by atoms with Crippen LogP contribution in [0.3, 0.4) is 0 Å². The van der Waals surface area contributed by atoms with Crippen molar-refractivity contribution in [1.29, 1.82) is 0 Å². The third-order valence-electron chi connectivity index (χ3n) is 6.29. The first-order chi connectivity index (χ1) is 19.6. The lowest BCUT2D eigenvalue weighted by molar-refractivity contribution is 0.104. The summed E-state index contributed by atoms with van der Waals surface area (Å²) in [5, 5.41) is 0. The Kier molecular flexibility index (Phi) is 9.28. The van der Waals surface area contributed by atoms with Crippen molar-refractivity contribution in [3.63, 3.8) is 0 Å². The number of hydrogen-bond donors (Lipinski definition) is 0. The SMILES string of the molecule is COc1ccc(/C(=C2\Sc3cc(OC)c(OC(C)C)cc3C2=O)c2cc(OC)c(OC)c(OC)c2)cc1OC(C)C. The Labute approximate surface area is 245 Å². The zero-order valence-electron chi connectivity index (χ0n) is 24.9. The summed E-state index contributed by atoms with van der Waals surface area (Å²) >= 11 is 1.38. The topological polar surface area (TPSA) is 81.7 Å². The highest BCUT2D eigenvalue weighted by Crippen LogP contribution is 2.51. The van der Waals surface area contributed by atoms with Crippen LogP contribution in [-0.4, -0.2) is 53.5 Å². The summed E-state index contributed by atoms with van der Waals surface area (Å²) in [6.45, 7) is 7.75. The number of fused-ring (bicyclic) bond motifs is 1.